The van der Waals surface area contributed by atoms with E-state index in [1.165, 1.54) is 0 Å². The van der Waals surface area contributed by atoms with Gasteiger partial charge in [-0.25, -0.2) is 14.8 Å². The van der Waals surface area contributed by atoms with Gasteiger partial charge in [0.1, 0.15) is 12.1 Å². The Morgan fingerprint density at radius 2 is 1.93 bits per heavy atom. The van der Waals surface area contributed by atoms with E-state index in [1.807, 2.05) is 52.1 Å². The Kier molecular flexibility index (Phi) is 5.51. The highest BCUT2D eigenvalue weighted by atomic mass is 16.2. The minimum atomic E-state index is -0.286. The molecule has 3 aromatic rings. The van der Waals surface area contributed by atoms with Crippen LogP contribution in [0.1, 0.15) is 24.0 Å². The number of urea groups is 1. The maximum Gasteiger partial charge on any atom is 0.319 e. The third-order valence-electron chi connectivity index (χ3n) is 4.79. The third kappa shape index (κ3) is 4.78. The van der Waals surface area contributed by atoms with Gasteiger partial charge in [-0.05, 0) is 35.7 Å². The zero-order valence-corrected chi connectivity index (χ0v) is 15.9. The molecule has 8 heteroatoms. The van der Waals surface area contributed by atoms with E-state index in [-0.39, 0.29) is 11.9 Å². The Bertz CT molecular complexity index is 967. The van der Waals surface area contributed by atoms with Crippen molar-refractivity contribution in [1.82, 2.24) is 24.8 Å². The van der Waals surface area contributed by atoms with Crippen molar-refractivity contribution in [3.63, 3.8) is 0 Å². The Morgan fingerprint density at radius 3 is 2.59 bits per heavy atom. The van der Waals surface area contributed by atoms with Crippen LogP contribution < -0.4 is 10.6 Å². The summed E-state index contributed by atoms with van der Waals surface area (Å²) in [6.07, 6.45) is 8.50. The molecule has 0 bridgehead atoms. The van der Waals surface area contributed by atoms with Crippen molar-refractivity contribution in [3.8, 4) is 5.82 Å². The number of carbonyl (C=O) groups excluding carboxylic acids is 2. The molecule has 0 atom stereocenters. The molecule has 4 rings (SSSR count). The number of pyridine rings is 1. The average Bonchev–Trinajstić information content (AvgIpc) is 3.41. The number of amides is 3. The summed E-state index contributed by atoms with van der Waals surface area (Å²) in [5.41, 5.74) is 2.65. The van der Waals surface area contributed by atoms with Gasteiger partial charge in [-0.15, -0.1) is 0 Å². The van der Waals surface area contributed by atoms with Gasteiger partial charge in [-0.3, -0.25) is 9.36 Å². The fourth-order valence-corrected chi connectivity index (χ4v) is 3.21. The predicted octanol–water partition coefficient (Wildman–Crippen LogP) is 2.71. The van der Waals surface area contributed by atoms with E-state index in [0.717, 1.165) is 29.9 Å². The topological polar surface area (TPSA) is 92.2 Å². The highest BCUT2D eigenvalue weighted by Gasteiger charge is 2.19. The van der Waals surface area contributed by atoms with Gasteiger partial charge in [0.25, 0.3) is 0 Å². The molecule has 29 heavy (non-hydrogen) atoms. The summed E-state index contributed by atoms with van der Waals surface area (Å²) >= 11 is 0. The van der Waals surface area contributed by atoms with Gasteiger partial charge in [-0.2, -0.15) is 0 Å². The molecule has 1 fully saturated rings. The van der Waals surface area contributed by atoms with Crippen LogP contribution in [-0.4, -0.2) is 37.9 Å². The van der Waals surface area contributed by atoms with Gasteiger partial charge in [0.05, 0.1) is 0 Å². The first-order valence-electron chi connectivity index (χ1n) is 9.52. The first-order chi connectivity index (χ1) is 14.2. The van der Waals surface area contributed by atoms with Crippen LogP contribution in [0, 0.1) is 0 Å². The Balaban J connectivity index is 1.25. The lowest BCUT2D eigenvalue weighted by molar-refractivity contribution is -0.128. The molecule has 3 heterocycles. The Morgan fingerprint density at radius 1 is 1.10 bits per heavy atom. The molecule has 0 radical (unpaired) electrons. The Labute approximate surface area is 168 Å². The smallest absolute Gasteiger partial charge is 0.319 e. The van der Waals surface area contributed by atoms with Crippen LogP contribution in [0.4, 0.5) is 10.5 Å². The van der Waals surface area contributed by atoms with E-state index < -0.39 is 0 Å². The molecular formula is C21H22N6O2. The SMILES string of the molecule is O=C(NCc1ccc(-n2ccnc2)nc1)Nc1ccc(CN2CCCC2=O)cc1. The van der Waals surface area contributed by atoms with E-state index in [2.05, 4.69) is 20.6 Å². The molecule has 0 saturated carbocycles. The number of rotatable bonds is 6. The first kappa shape index (κ1) is 18.7. The number of nitrogens with zero attached hydrogens (tertiary/aromatic N) is 4. The standard InChI is InChI=1S/C21H22N6O2/c28-20-2-1-10-26(20)14-16-3-6-18(7-4-16)25-21(29)24-13-17-5-8-19(23-12-17)27-11-9-22-15-27/h3-9,11-12,15H,1-2,10,13-14H2,(H2,24,25,29). The molecule has 1 saturated heterocycles. The maximum absolute atomic E-state index is 12.1. The monoisotopic (exact) mass is 390 g/mol. The summed E-state index contributed by atoms with van der Waals surface area (Å²) in [5.74, 6) is 0.977. The summed E-state index contributed by atoms with van der Waals surface area (Å²) in [6.45, 7) is 1.81. The zero-order chi connectivity index (χ0) is 20.1. The number of imidazole rings is 1. The highest BCUT2D eigenvalue weighted by molar-refractivity contribution is 5.89. The van der Waals surface area contributed by atoms with Gasteiger partial charge in [0.2, 0.25) is 5.91 Å². The molecule has 3 amide bonds. The lowest BCUT2D eigenvalue weighted by Crippen LogP contribution is -2.28. The zero-order valence-electron chi connectivity index (χ0n) is 15.9. The van der Waals surface area contributed by atoms with Gasteiger partial charge in [0, 0.05) is 50.3 Å². The van der Waals surface area contributed by atoms with Crippen LogP contribution in [0.3, 0.4) is 0 Å². The molecule has 1 aliphatic rings. The van der Waals surface area contributed by atoms with Gasteiger partial charge < -0.3 is 15.5 Å². The van der Waals surface area contributed by atoms with E-state index in [9.17, 15) is 9.59 Å². The summed E-state index contributed by atoms with van der Waals surface area (Å²) in [5, 5.41) is 5.63. The van der Waals surface area contributed by atoms with Gasteiger partial charge in [-0.1, -0.05) is 18.2 Å². The second-order valence-corrected chi connectivity index (χ2v) is 6.92. The molecule has 148 valence electrons. The second-order valence-electron chi connectivity index (χ2n) is 6.92. The lowest BCUT2D eigenvalue weighted by Gasteiger charge is -2.15. The van der Waals surface area contributed by atoms with Crippen molar-refractivity contribution in [2.24, 2.45) is 0 Å². The van der Waals surface area contributed by atoms with Crippen LogP contribution in [0.15, 0.2) is 61.3 Å². The minimum absolute atomic E-state index is 0.208. The minimum Gasteiger partial charge on any atom is -0.338 e. The summed E-state index contributed by atoms with van der Waals surface area (Å²) < 4.78 is 1.81. The van der Waals surface area contributed by atoms with Crippen molar-refractivity contribution in [2.75, 3.05) is 11.9 Å². The van der Waals surface area contributed by atoms with E-state index in [4.69, 9.17) is 0 Å². The van der Waals surface area contributed by atoms with Crippen LogP contribution in [0.2, 0.25) is 0 Å². The number of anilines is 1. The summed E-state index contributed by atoms with van der Waals surface area (Å²) in [4.78, 5) is 34.1. The predicted molar refractivity (Wildman–Crippen MR) is 108 cm³/mol. The van der Waals surface area contributed by atoms with Crippen molar-refractivity contribution in [3.05, 3.63) is 72.4 Å². The number of aromatic nitrogens is 3. The van der Waals surface area contributed by atoms with Crippen molar-refractivity contribution < 1.29 is 9.59 Å². The third-order valence-corrected chi connectivity index (χ3v) is 4.79. The summed E-state index contributed by atoms with van der Waals surface area (Å²) in [6, 6.07) is 11.1. The van der Waals surface area contributed by atoms with Crippen LogP contribution in [-0.2, 0) is 17.9 Å². The van der Waals surface area contributed by atoms with Crippen molar-refractivity contribution in [1.29, 1.82) is 0 Å². The van der Waals surface area contributed by atoms with Crippen molar-refractivity contribution in [2.45, 2.75) is 25.9 Å². The fraction of sp³-hybridized carbons (Fsp3) is 0.238. The number of hydrogen-bond donors (Lipinski definition) is 2. The van der Waals surface area contributed by atoms with Gasteiger partial charge in [0.15, 0.2) is 0 Å². The first-order valence-corrected chi connectivity index (χ1v) is 9.52. The fourth-order valence-electron chi connectivity index (χ4n) is 3.21. The Hall–Kier alpha value is -3.68. The molecule has 1 aliphatic heterocycles. The van der Waals surface area contributed by atoms with Crippen LogP contribution in [0.5, 0.6) is 0 Å². The number of nitrogens with one attached hydrogen (secondary N) is 2. The normalized spacial score (nSPS) is 13.5. The van der Waals surface area contributed by atoms with E-state index in [1.54, 1.807) is 18.7 Å². The van der Waals surface area contributed by atoms with E-state index in [0.29, 0.717) is 25.2 Å². The molecule has 2 N–H and O–H groups in total. The molecular weight excluding hydrogens is 368 g/mol. The van der Waals surface area contributed by atoms with Gasteiger partial charge >= 0.3 is 6.03 Å². The quantitative estimate of drug-likeness (QED) is 0.677. The number of hydrogen-bond acceptors (Lipinski definition) is 4. The molecule has 2 aromatic heterocycles. The van der Waals surface area contributed by atoms with E-state index >= 15 is 0 Å². The number of benzene rings is 1. The lowest BCUT2D eigenvalue weighted by atomic mass is 10.2. The molecule has 1 aromatic carbocycles. The summed E-state index contributed by atoms with van der Waals surface area (Å²) in [7, 11) is 0. The molecule has 0 unspecified atom stereocenters. The number of likely N-dealkylation sites (tertiary alicyclic amines) is 1. The second kappa shape index (κ2) is 8.55. The maximum atomic E-state index is 12.1. The highest BCUT2D eigenvalue weighted by Crippen LogP contribution is 2.16. The molecule has 0 aliphatic carbocycles. The van der Waals surface area contributed by atoms with Crippen molar-refractivity contribution >= 4 is 17.6 Å². The molecule has 0 spiro atoms. The number of carbonyl (C=O) groups is 2. The molecule has 8 nitrogen and oxygen atoms in total. The van der Waals surface area contributed by atoms with Crippen LogP contribution in [0.25, 0.3) is 5.82 Å². The largest absolute Gasteiger partial charge is 0.338 e. The average molecular weight is 390 g/mol. The van der Waals surface area contributed by atoms with Crippen LogP contribution >= 0.6 is 0 Å².